The Balaban J connectivity index is 2.35. The van der Waals surface area contributed by atoms with Crippen LogP contribution in [-0.4, -0.2) is 42.4 Å². The topological polar surface area (TPSA) is 55.2 Å². The summed E-state index contributed by atoms with van der Waals surface area (Å²) in [7, 11) is 1.81. The van der Waals surface area contributed by atoms with Crippen molar-refractivity contribution >= 4 is 20.9 Å². The fourth-order valence-corrected chi connectivity index (χ4v) is 2.95. The molecule has 1 aromatic heterocycles. The Morgan fingerprint density at radius 1 is 1.32 bits per heavy atom. The highest BCUT2D eigenvalue weighted by atomic mass is 32.2. The van der Waals surface area contributed by atoms with Gasteiger partial charge in [-0.05, 0) is 25.0 Å². The molecule has 0 fully saturated rings. The zero-order valence-corrected chi connectivity index (χ0v) is 12.5. The second kappa shape index (κ2) is 4.94. The first-order chi connectivity index (χ1) is 8.79. The third-order valence-electron chi connectivity index (χ3n) is 3.13. The highest BCUT2D eigenvalue weighted by Gasteiger charge is 2.15. The third-order valence-corrected chi connectivity index (χ3v) is 4.96. The molecule has 6 heteroatoms. The van der Waals surface area contributed by atoms with E-state index in [1.54, 1.807) is 18.8 Å². The van der Waals surface area contributed by atoms with Crippen LogP contribution in [0.4, 0.5) is 0 Å². The summed E-state index contributed by atoms with van der Waals surface area (Å²) in [6.45, 7) is 2.01. The smallest absolute Gasteiger partial charge is 0.213 e. The van der Waals surface area contributed by atoms with E-state index >= 15 is 0 Å². The van der Waals surface area contributed by atoms with Gasteiger partial charge in [-0.1, -0.05) is 11.6 Å². The summed E-state index contributed by atoms with van der Waals surface area (Å²) in [4.78, 5) is 0. The third kappa shape index (κ3) is 2.96. The van der Waals surface area contributed by atoms with Gasteiger partial charge in [-0.3, -0.25) is 4.68 Å². The molecule has 0 aliphatic heterocycles. The molecule has 0 unspecified atom stereocenters. The van der Waals surface area contributed by atoms with Crippen molar-refractivity contribution in [1.82, 2.24) is 14.1 Å². The molecule has 0 aliphatic rings. The standard InChI is InChI=1S/C13H19N3O2S/c1-10-7-11(5-6-19(17,18)15(2)3)13-12(8-10)9-16(4)14-13/h7-9H,5-6H2,1-4H3. The summed E-state index contributed by atoms with van der Waals surface area (Å²) >= 11 is 0. The molecule has 1 heterocycles. The van der Waals surface area contributed by atoms with Gasteiger partial charge in [0.05, 0.1) is 11.3 Å². The van der Waals surface area contributed by atoms with Crippen molar-refractivity contribution < 1.29 is 8.42 Å². The van der Waals surface area contributed by atoms with E-state index in [0.29, 0.717) is 6.42 Å². The molecule has 0 saturated heterocycles. The molecule has 0 radical (unpaired) electrons. The second-order valence-corrected chi connectivity index (χ2v) is 7.32. The van der Waals surface area contributed by atoms with Crippen LogP contribution in [0.1, 0.15) is 11.1 Å². The molecule has 0 amide bonds. The Bertz CT molecular complexity index is 702. The van der Waals surface area contributed by atoms with Crippen LogP contribution >= 0.6 is 0 Å². The van der Waals surface area contributed by atoms with Crippen LogP contribution in [0.5, 0.6) is 0 Å². The van der Waals surface area contributed by atoms with E-state index in [4.69, 9.17) is 0 Å². The van der Waals surface area contributed by atoms with Crippen molar-refractivity contribution in [3.63, 3.8) is 0 Å². The average Bonchev–Trinajstić information content (AvgIpc) is 2.66. The van der Waals surface area contributed by atoms with Gasteiger partial charge in [0.1, 0.15) is 0 Å². The number of benzene rings is 1. The molecular formula is C13H19N3O2S. The van der Waals surface area contributed by atoms with Gasteiger partial charge < -0.3 is 0 Å². The molecule has 0 spiro atoms. The predicted octanol–water partition coefficient (Wildman–Crippen LogP) is 1.32. The van der Waals surface area contributed by atoms with Crippen molar-refractivity contribution in [3.05, 3.63) is 29.5 Å². The van der Waals surface area contributed by atoms with E-state index < -0.39 is 10.0 Å². The molecule has 5 nitrogen and oxygen atoms in total. The second-order valence-electron chi connectivity index (χ2n) is 5.01. The maximum atomic E-state index is 11.8. The number of hydrogen-bond donors (Lipinski definition) is 0. The van der Waals surface area contributed by atoms with Crippen molar-refractivity contribution in [2.45, 2.75) is 13.3 Å². The molecular weight excluding hydrogens is 262 g/mol. The molecule has 0 saturated carbocycles. The van der Waals surface area contributed by atoms with Gasteiger partial charge in [0.25, 0.3) is 0 Å². The van der Waals surface area contributed by atoms with Crippen LogP contribution in [0.3, 0.4) is 0 Å². The van der Waals surface area contributed by atoms with Gasteiger partial charge in [0.15, 0.2) is 0 Å². The van der Waals surface area contributed by atoms with Crippen molar-refractivity contribution in [2.75, 3.05) is 19.8 Å². The van der Waals surface area contributed by atoms with Gasteiger partial charge in [0, 0.05) is 32.7 Å². The Kier molecular flexibility index (Phi) is 3.64. The lowest BCUT2D eigenvalue weighted by Crippen LogP contribution is -2.26. The Morgan fingerprint density at radius 3 is 2.63 bits per heavy atom. The average molecular weight is 281 g/mol. The van der Waals surface area contributed by atoms with E-state index in [-0.39, 0.29) is 5.75 Å². The van der Waals surface area contributed by atoms with Crippen molar-refractivity contribution in [3.8, 4) is 0 Å². The zero-order valence-electron chi connectivity index (χ0n) is 11.7. The van der Waals surface area contributed by atoms with Crippen LogP contribution in [-0.2, 0) is 23.5 Å². The molecule has 1 aromatic carbocycles. The van der Waals surface area contributed by atoms with Crippen LogP contribution in [0, 0.1) is 6.92 Å². The van der Waals surface area contributed by atoms with Crippen molar-refractivity contribution in [1.29, 1.82) is 0 Å². The fourth-order valence-electron chi connectivity index (χ4n) is 2.10. The first-order valence-corrected chi connectivity index (χ1v) is 7.73. The van der Waals surface area contributed by atoms with E-state index in [2.05, 4.69) is 11.2 Å². The SMILES string of the molecule is Cc1cc(CCS(=O)(=O)N(C)C)c2nn(C)cc2c1. The molecule has 0 N–H and O–H groups in total. The molecule has 0 atom stereocenters. The minimum Gasteiger partial charge on any atom is -0.275 e. The molecule has 2 rings (SSSR count). The molecule has 104 valence electrons. The quantitative estimate of drug-likeness (QED) is 0.849. The van der Waals surface area contributed by atoms with Gasteiger partial charge in [-0.15, -0.1) is 0 Å². The predicted molar refractivity (Wildman–Crippen MR) is 76.6 cm³/mol. The lowest BCUT2D eigenvalue weighted by Gasteiger charge is -2.11. The van der Waals surface area contributed by atoms with Crippen molar-refractivity contribution in [2.24, 2.45) is 7.05 Å². The monoisotopic (exact) mass is 281 g/mol. The van der Waals surface area contributed by atoms with E-state index in [9.17, 15) is 8.42 Å². The Labute approximate surface area is 113 Å². The van der Waals surface area contributed by atoms with Crippen LogP contribution in [0.15, 0.2) is 18.3 Å². The number of fused-ring (bicyclic) bond motifs is 1. The minimum atomic E-state index is -3.17. The van der Waals surface area contributed by atoms with Crippen LogP contribution < -0.4 is 0 Å². The summed E-state index contributed by atoms with van der Waals surface area (Å²) in [5.41, 5.74) is 3.00. The summed E-state index contributed by atoms with van der Waals surface area (Å²) in [6.07, 6.45) is 2.43. The highest BCUT2D eigenvalue weighted by molar-refractivity contribution is 7.89. The zero-order chi connectivity index (χ0) is 14.2. The number of aromatic nitrogens is 2. The first kappa shape index (κ1) is 14.0. The van der Waals surface area contributed by atoms with E-state index in [1.165, 1.54) is 4.31 Å². The van der Waals surface area contributed by atoms with Gasteiger partial charge in [-0.25, -0.2) is 12.7 Å². The number of hydrogen-bond acceptors (Lipinski definition) is 3. The number of nitrogens with zero attached hydrogens (tertiary/aromatic N) is 3. The van der Waals surface area contributed by atoms with Gasteiger partial charge in [-0.2, -0.15) is 5.10 Å². The van der Waals surface area contributed by atoms with Gasteiger partial charge >= 0.3 is 0 Å². The maximum absolute atomic E-state index is 11.8. The molecule has 0 aliphatic carbocycles. The number of rotatable bonds is 4. The lowest BCUT2D eigenvalue weighted by atomic mass is 10.1. The van der Waals surface area contributed by atoms with Crippen LogP contribution in [0.25, 0.3) is 10.9 Å². The summed E-state index contributed by atoms with van der Waals surface area (Å²) in [5, 5.41) is 5.46. The molecule has 0 bridgehead atoms. The first-order valence-electron chi connectivity index (χ1n) is 6.12. The lowest BCUT2D eigenvalue weighted by molar-refractivity contribution is 0.520. The van der Waals surface area contributed by atoms with Gasteiger partial charge in [0.2, 0.25) is 10.0 Å². The normalized spacial score (nSPS) is 12.5. The number of aryl methyl sites for hydroxylation is 3. The van der Waals surface area contributed by atoms with E-state index in [0.717, 1.165) is 22.0 Å². The fraction of sp³-hybridized carbons (Fsp3) is 0.462. The Morgan fingerprint density at radius 2 is 2.00 bits per heavy atom. The minimum absolute atomic E-state index is 0.106. The summed E-state index contributed by atoms with van der Waals surface area (Å²) in [6, 6.07) is 4.08. The largest absolute Gasteiger partial charge is 0.275 e. The Hall–Kier alpha value is -1.40. The highest BCUT2D eigenvalue weighted by Crippen LogP contribution is 2.20. The molecule has 19 heavy (non-hydrogen) atoms. The van der Waals surface area contributed by atoms with Crippen LogP contribution in [0.2, 0.25) is 0 Å². The summed E-state index contributed by atoms with van der Waals surface area (Å²) < 4.78 is 26.7. The number of sulfonamides is 1. The summed E-state index contributed by atoms with van der Waals surface area (Å²) in [5.74, 6) is 0.106. The molecule has 2 aromatic rings. The van der Waals surface area contributed by atoms with E-state index in [1.807, 2.05) is 26.2 Å². The maximum Gasteiger partial charge on any atom is 0.213 e.